The summed E-state index contributed by atoms with van der Waals surface area (Å²) in [5, 5.41) is 2.69. The van der Waals surface area contributed by atoms with Gasteiger partial charge in [0.15, 0.2) is 5.78 Å². The summed E-state index contributed by atoms with van der Waals surface area (Å²) >= 11 is 0. The van der Waals surface area contributed by atoms with Crippen molar-refractivity contribution < 1.29 is 18.0 Å². The van der Waals surface area contributed by atoms with Gasteiger partial charge in [-0.3, -0.25) is 13.9 Å². The maximum atomic E-state index is 13.3. The number of hydrogen-bond donors (Lipinski definition) is 1. The highest BCUT2D eigenvalue weighted by Gasteiger charge is 2.35. The Balaban J connectivity index is 1.70. The van der Waals surface area contributed by atoms with Crippen LogP contribution >= 0.6 is 0 Å². The fraction of sp³-hybridized carbons (Fsp3) is 0.130. The Morgan fingerprint density at radius 1 is 0.933 bits per heavy atom. The van der Waals surface area contributed by atoms with Crippen LogP contribution in [0.4, 0.5) is 11.4 Å². The first-order chi connectivity index (χ1) is 14.3. The molecule has 0 saturated carbocycles. The van der Waals surface area contributed by atoms with Crippen LogP contribution in [-0.2, 0) is 14.8 Å². The van der Waals surface area contributed by atoms with E-state index in [-0.39, 0.29) is 17.2 Å². The Bertz CT molecular complexity index is 1280. The van der Waals surface area contributed by atoms with Gasteiger partial charge in [-0.1, -0.05) is 42.0 Å². The predicted octanol–water partition coefficient (Wildman–Crippen LogP) is 4.01. The van der Waals surface area contributed by atoms with Crippen molar-refractivity contribution in [3.8, 4) is 11.1 Å². The SMILES string of the molecule is CC(=O)c1cccc(NC(=O)CN2c3ccc(C)cc3-c3ccccc3S2(=O)=O)c1. The summed E-state index contributed by atoms with van der Waals surface area (Å²) in [6.07, 6.45) is 0. The second-order valence-electron chi connectivity index (χ2n) is 7.21. The van der Waals surface area contributed by atoms with Crippen LogP contribution in [0.5, 0.6) is 0 Å². The summed E-state index contributed by atoms with van der Waals surface area (Å²) in [5.41, 5.74) is 3.76. The Morgan fingerprint density at radius 3 is 2.47 bits per heavy atom. The number of rotatable bonds is 4. The lowest BCUT2D eigenvalue weighted by atomic mass is 10.0. The van der Waals surface area contributed by atoms with Gasteiger partial charge in [-0.15, -0.1) is 0 Å². The number of nitrogens with zero attached hydrogens (tertiary/aromatic N) is 1. The number of nitrogens with one attached hydrogen (secondary N) is 1. The van der Waals surface area contributed by atoms with E-state index in [4.69, 9.17) is 0 Å². The molecule has 4 rings (SSSR count). The molecule has 0 atom stereocenters. The first-order valence-electron chi connectivity index (χ1n) is 9.41. The van der Waals surface area contributed by atoms with Crippen molar-refractivity contribution in [2.75, 3.05) is 16.2 Å². The number of carbonyl (C=O) groups is 2. The number of carbonyl (C=O) groups excluding carboxylic acids is 2. The molecule has 30 heavy (non-hydrogen) atoms. The van der Waals surface area contributed by atoms with Gasteiger partial charge in [0.2, 0.25) is 5.91 Å². The molecule has 3 aromatic carbocycles. The topological polar surface area (TPSA) is 83.6 Å². The van der Waals surface area contributed by atoms with Crippen LogP contribution in [0, 0.1) is 6.92 Å². The molecule has 0 radical (unpaired) electrons. The van der Waals surface area contributed by atoms with Gasteiger partial charge in [0, 0.05) is 22.4 Å². The highest BCUT2D eigenvalue weighted by Crippen LogP contribution is 2.43. The van der Waals surface area contributed by atoms with Crippen LogP contribution in [0.15, 0.2) is 71.6 Å². The molecule has 7 heteroatoms. The minimum absolute atomic E-state index is 0.120. The van der Waals surface area contributed by atoms with E-state index >= 15 is 0 Å². The second-order valence-corrected chi connectivity index (χ2v) is 9.04. The van der Waals surface area contributed by atoms with Gasteiger partial charge in [-0.2, -0.15) is 0 Å². The molecular weight excluding hydrogens is 400 g/mol. The van der Waals surface area contributed by atoms with Crippen molar-refractivity contribution in [2.24, 2.45) is 0 Å². The summed E-state index contributed by atoms with van der Waals surface area (Å²) in [6.45, 7) is 3.00. The number of fused-ring (bicyclic) bond motifs is 3. The number of ketones is 1. The molecule has 0 aromatic heterocycles. The third-order valence-electron chi connectivity index (χ3n) is 5.01. The Morgan fingerprint density at radius 2 is 1.70 bits per heavy atom. The van der Waals surface area contributed by atoms with Gasteiger partial charge in [-0.25, -0.2) is 8.42 Å². The summed E-state index contributed by atoms with van der Waals surface area (Å²) < 4.78 is 27.7. The van der Waals surface area contributed by atoms with E-state index in [1.807, 2.05) is 19.1 Å². The van der Waals surface area contributed by atoms with Gasteiger partial charge >= 0.3 is 0 Å². The molecule has 1 amide bonds. The molecule has 6 nitrogen and oxygen atoms in total. The van der Waals surface area contributed by atoms with E-state index in [1.165, 1.54) is 6.92 Å². The average molecular weight is 420 g/mol. The lowest BCUT2D eigenvalue weighted by Gasteiger charge is -2.31. The second kappa shape index (κ2) is 7.42. The van der Waals surface area contributed by atoms with Crippen LogP contribution in [0.1, 0.15) is 22.8 Å². The molecule has 0 spiro atoms. The van der Waals surface area contributed by atoms with Crippen molar-refractivity contribution in [2.45, 2.75) is 18.7 Å². The minimum atomic E-state index is -3.90. The predicted molar refractivity (Wildman–Crippen MR) is 116 cm³/mol. The van der Waals surface area contributed by atoms with Crippen molar-refractivity contribution >= 4 is 33.1 Å². The maximum absolute atomic E-state index is 13.3. The molecule has 1 heterocycles. The van der Waals surface area contributed by atoms with Crippen molar-refractivity contribution in [1.29, 1.82) is 0 Å². The van der Waals surface area contributed by atoms with Gasteiger partial charge in [-0.05, 0) is 44.2 Å². The first kappa shape index (κ1) is 19.8. The van der Waals surface area contributed by atoms with Crippen molar-refractivity contribution in [1.82, 2.24) is 0 Å². The third kappa shape index (κ3) is 3.48. The average Bonchev–Trinajstić information content (AvgIpc) is 2.71. The number of sulfonamides is 1. The number of amides is 1. The van der Waals surface area contributed by atoms with E-state index in [0.717, 1.165) is 15.4 Å². The molecule has 1 aliphatic rings. The number of anilines is 2. The fourth-order valence-corrected chi connectivity index (χ4v) is 5.21. The third-order valence-corrected chi connectivity index (χ3v) is 6.82. The lowest BCUT2D eigenvalue weighted by Crippen LogP contribution is -2.40. The van der Waals surface area contributed by atoms with Gasteiger partial charge in [0.05, 0.1) is 10.6 Å². The maximum Gasteiger partial charge on any atom is 0.265 e. The van der Waals surface area contributed by atoms with Crippen molar-refractivity contribution in [3.05, 3.63) is 77.9 Å². The van der Waals surface area contributed by atoms with Crippen LogP contribution in [0.2, 0.25) is 0 Å². The zero-order chi connectivity index (χ0) is 21.5. The number of benzene rings is 3. The quantitative estimate of drug-likeness (QED) is 0.647. The van der Waals surface area contributed by atoms with E-state index in [0.29, 0.717) is 22.5 Å². The largest absolute Gasteiger partial charge is 0.324 e. The smallest absolute Gasteiger partial charge is 0.265 e. The van der Waals surface area contributed by atoms with Crippen molar-refractivity contribution in [3.63, 3.8) is 0 Å². The number of Topliss-reactive ketones (excluding diaryl/α,β-unsaturated/α-hetero) is 1. The molecule has 0 saturated heterocycles. The molecule has 3 aromatic rings. The minimum Gasteiger partial charge on any atom is -0.324 e. The summed E-state index contributed by atoms with van der Waals surface area (Å²) in [5.74, 6) is -0.615. The molecule has 1 N–H and O–H groups in total. The Hall–Kier alpha value is -3.45. The van der Waals surface area contributed by atoms with E-state index in [2.05, 4.69) is 5.32 Å². The highest BCUT2D eigenvalue weighted by atomic mass is 32.2. The summed E-state index contributed by atoms with van der Waals surface area (Å²) in [4.78, 5) is 24.5. The molecular formula is C23H20N2O4S. The zero-order valence-electron chi connectivity index (χ0n) is 16.5. The Labute approximate surface area is 175 Å². The van der Waals surface area contributed by atoms with E-state index in [1.54, 1.807) is 54.6 Å². The molecule has 0 unspecified atom stereocenters. The summed E-state index contributed by atoms with van der Waals surface area (Å²) in [6, 6.07) is 18.8. The van der Waals surface area contributed by atoms with Gasteiger partial charge in [0.1, 0.15) is 6.54 Å². The van der Waals surface area contributed by atoms with Crippen LogP contribution in [0.25, 0.3) is 11.1 Å². The lowest BCUT2D eigenvalue weighted by molar-refractivity contribution is -0.114. The first-order valence-corrected chi connectivity index (χ1v) is 10.8. The van der Waals surface area contributed by atoms with Gasteiger partial charge in [0.25, 0.3) is 10.0 Å². The number of hydrogen-bond acceptors (Lipinski definition) is 4. The highest BCUT2D eigenvalue weighted by molar-refractivity contribution is 7.93. The molecule has 0 bridgehead atoms. The molecule has 0 aliphatic carbocycles. The van der Waals surface area contributed by atoms with Crippen LogP contribution in [-0.4, -0.2) is 26.7 Å². The van der Waals surface area contributed by atoms with Crippen LogP contribution in [0.3, 0.4) is 0 Å². The zero-order valence-corrected chi connectivity index (χ0v) is 17.4. The normalized spacial score (nSPS) is 13.9. The van der Waals surface area contributed by atoms with Crippen LogP contribution < -0.4 is 9.62 Å². The molecule has 1 aliphatic heterocycles. The van der Waals surface area contributed by atoms with Gasteiger partial charge < -0.3 is 5.32 Å². The standard InChI is InChI=1S/C23H20N2O4S/c1-15-10-11-21-20(12-15)19-8-3-4-9-22(19)30(28,29)25(21)14-23(27)24-18-7-5-6-17(13-18)16(2)26/h3-13H,14H2,1-2H3,(H,24,27). The monoisotopic (exact) mass is 420 g/mol. The summed E-state index contributed by atoms with van der Waals surface area (Å²) in [7, 11) is -3.90. The Kier molecular flexibility index (Phi) is 4.91. The molecule has 152 valence electrons. The van der Waals surface area contributed by atoms with E-state index < -0.39 is 15.9 Å². The fourth-order valence-electron chi connectivity index (χ4n) is 3.56. The number of aryl methyl sites for hydroxylation is 1. The molecule has 0 fully saturated rings. The van der Waals surface area contributed by atoms with E-state index in [9.17, 15) is 18.0 Å².